The maximum absolute atomic E-state index is 13.3. The van der Waals surface area contributed by atoms with Gasteiger partial charge in [0.05, 0.1) is 23.4 Å². The number of aliphatic hydroxyl groups is 1. The first-order chi connectivity index (χ1) is 15.5. The maximum atomic E-state index is 13.3. The molecule has 2 amide bonds. The van der Waals surface area contributed by atoms with Gasteiger partial charge in [-0.05, 0) is 18.9 Å². The summed E-state index contributed by atoms with van der Waals surface area (Å²) in [5.41, 5.74) is 3.10. The quantitative estimate of drug-likeness (QED) is 0.627. The molecule has 6 heteroatoms. The second-order valence-electron chi connectivity index (χ2n) is 8.27. The van der Waals surface area contributed by atoms with Crippen molar-refractivity contribution >= 4 is 23.2 Å². The van der Waals surface area contributed by atoms with Crippen LogP contribution < -0.4 is 10.2 Å². The molecule has 32 heavy (non-hydrogen) atoms. The van der Waals surface area contributed by atoms with Gasteiger partial charge in [-0.2, -0.15) is 0 Å². The predicted octanol–water partition coefficient (Wildman–Crippen LogP) is 3.91. The fourth-order valence-electron chi connectivity index (χ4n) is 4.11. The molecule has 0 aromatic heterocycles. The third-order valence-electron chi connectivity index (χ3n) is 5.92. The summed E-state index contributed by atoms with van der Waals surface area (Å²) in [6, 6.07) is 17.3. The van der Waals surface area contributed by atoms with E-state index in [0.29, 0.717) is 18.6 Å². The second-order valence-corrected chi connectivity index (χ2v) is 8.27. The van der Waals surface area contributed by atoms with Crippen LogP contribution in [0.25, 0.3) is 0 Å². The van der Waals surface area contributed by atoms with Gasteiger partial charge in [-0.15, -0.1) is 0 Å². The van der Waals surface area contributed by atoms with Gasteiger partial charge in [0.2, 0.25) is 12.1 Å². The number of benzodiazepines with no additional fused rings is 1. The Balaban J connectivity index is 1.96. The Hall–Kier alpha value is -2.99. The highest BCUT2D eigenvalue weighted by Gasteiger charge is 2.34. The minimum absolute atomic E-state index is 0.310. The van der Waals surface area contributed by atoms with Gasteiger partial charge in [-0.25, -0.2) is 4.99 Å². The smallest absolute Gasteiger partial charge is 0.272 e. The molecule has 1 aliphatic rings. The SMILES string of the molecule is CCCC[C@H](O)[C@H](CCC)C(=O)NC1N=C(c2ccccc2)c2ccccc2N(C)C1=O. The summed E-state index contributed by atoms with van der Waals surface area (Å²) in [6.07, 6.45) is 1.90. The van der Waals surface area contributed by atoms with E-state index in [0.717, 1.165) is 36.1 Å². The summed E-state index contributed by atoms with van der Waals surface area (Å²) in [5, 5.41) is 13.5. The zero-order valence-corrected chi connectivity index (χ0v) is 19.1. The summed E-state index contributed by atoms with van der Waals surface area (Å²) in [5.74, 6) is -1.20. The molecular formula is C26H33N3O3. The molecule has 1 unspecified atom stereocenters. The Morgan fingerprint density at radius 2 is 1.75 bits per heavy atom. The number of carbonyl (C=O) groups excluding carboxylic acids is 2. The van der Waals surface area contributed by atoms with Crippen LogP contribution in [0, 0.1) is 5.92 Å². The number of benzene rings is 2. The lowest BCUT2D eigenvalue weighted by Gasteiger charge is -2.25. The lowest BCUT2D eigenvalue weighted by atomic mass is 9.92. The first-order valence-electron chi connectivity index (χ1n) is 11.5. The molecule has 0 spiro atoms. The highest BCUT2D eigenvalue weighted by Crippen LogP contribution is 2.27. The molecule has 170 valence electrons. The van der Waals surface area contributed by atoms with Crippen LogP contribution in [0.3, 0.4) is 0 Å². The van der Waals surface area contributed by atoms with E-state index in [9.17, 15) is 14.7 Å². The standard InChI is InChI=1S/C26H33N3O3/c1-4-6-17-22(30)20(12-5-2)25(31)28-24-26(32)29(3)21-16-11-10-15-19(21)23(27-24)18-13-8-7-9-14-18/h7-11,13-16,20,22,24,30H,4-6,12,17H2,1-3H3,(H,28,31)/t20-,22-,24?/m0/s1. The predicted molar refractivity (Wildman–Crippen MR) is 128 cm³/mol. The monoisotopic (exact) mass is 435 g/mol. The lowest BCUT2D eigenvalue weighted by Crippen LogP contribution is -2.49. The van der Waals surface area contributed by atoms with Crippen molar-refractivity contribution in [2.24, 2.45) is 10.9 Å². The number of likely N-dealkylation sites (N-methyl/N-ethyl adjacent to an activating group) is 1. The van der Waals surface area contributed by atoms with Crippen LogP contribution in [0.4, 0.5) is 5.69 Å². The number of carbonyl (C=O) groups is 2. The number of nitrogens with one attached hydrogen (secondary N) is 1. The normalized spacial score (nSPS) is 17.8. The highest BCUT2D eigenvalue weighted by molar-refractivity contribution is 6.20. The summed E-state index contributed by atoms with van der Waals surface area (Å²) >= 11 is 0. The van der Waals surface area contributed by atoms with E-state index in [1.807, 2.05) is 61.5 Å². The largest absolute Gasteiger partial charge is 0.392 e. The van der Waals surface area contributed by atoms with Crippen molar-refractivity contribution in [3.63, 3.8) is 0 Å². The zero-order chi connectivity index (χ0) is 23.1. The third-order valence-corrected chi connectivity index (χ3v) is 5.92. The van der Waals surface area contributed by atoms with Gasteiger partial charge in [0, 0.05) is 18.2 Å². The molecule has 2 N–H and O–H groups in total. The van der Waals surface area contributed by atoms with E-state index >= 15 is 0 Å². The Labute approximate surface area is 190 Å². The molecule has 6 nitrogen and oxygen atoms in total. The molecule has 0 aliphatic carbocycles. The van der Waals surface area contributed by atoms with Crippen molar-refractivity contribution in [2.45, 2.75) is 58.2 Å². The van der Waals surface area contributed by atoms with Gasteiger partial charge >= 0.3 is 0 Å². The molecule has 3 rings (SSSR count). The van der Waals surface area contributed by atoms with Crippen LogP contribution in [0.5, 0.6) is 0 Å². The number of nitrogens with zero attached hydrogens (tertiary/aromatic N) is 2. The highest BCUT2D eigenvalue weighted by atomic mass is 16.3. The van der Waals surface area contributed by atoms with Crippen LogP contribution in [0.2, 0.25) is 0 Å². The minimum Gasteiger partial charge on any atom is -0.392 e. The van der Waals surface area contributed by atoms with Gasteiger partial charge in [-0.1, -0.05) is 81.6 Å². The van der Waals surface area contributed by atoms with Crippen LogP contribution in [0.1, 0.15) is 57.1 Å². The molecule has 0 radical (unpaired) electrons. The molecule has 0 saturated carbocycles. The average Bonchev–Trinajstić information content (AvgIpc) is 2.92. The number of para-hydroxylation sites is 1. The maximum Gasteiger partial charge on any atom is 0.272 e. The van der Waals surface area contributed by atoms with Gasteiger partial charge < -0.3 is 15.3 Å². The first kappa shape index (κ1) is 23.7. The van der Waals surface area contributed by atoms with E-state index in [1.165, 1.54) is 0 Å². The third kappa shape index (κ3) is 5.25. The van der Waals surface area contributed by atoms with E-state index in [-0.39, 0.29) is 11.8 Å². The van der Waals surface area contributed by atoms with Crippen molar-refractivity contribution < 1.29 is 14.7 Å². The fourth-order valence-corrected chi connectivity index (χ4v) is 4.11. The number of anilines is 1. The van der Waals surface area contributed by atoms with Crippen molar-refractivity contribution in [2.75, 3.05) is 11.9 Å². The van der Waals surface area contributed by atoms with Crippen LogP contribution in [-0.4, -0.2) is 41.9 Å². The van der Waals surface area contributed by atoms with Crippen LogP contribution >= 0.6 is 0 Å². The Morgan fingerprint density at radius 1 is 1.06 bits per heavy atom. The van der Waals surface area contributed by atoms with Crippen LogP contribution in [0.15, 0.2) is 59.6 Å². The number of rotatable bonds is 9. The topological polar surface area (TPSA) is 82.0 Å². The summed E-state index contributed by atoms with van der Waals surface area (Å²) in [6.45, 7) is 4.04. The molecule has 0 bridgehead atoms. The number of aliphatic imine (C=N–C) groups is 1. The summed E-state index contributed by atoms with van der Waals surface area (Å²) in [7, 11) is 1.70. The van der Waals surface area contributed by atoms with Crippen LogP contribution in [-0.2, 0) is 9.59 Å². The molecule has 1 heterocycles. The second kappa shape index (κ2) is 11.0. The van der Waals surface area contributed by atoms with Crippen molar-refractivity contribution in [3.8, 4) is 0 Å². The fraction of sp³-hybridized carbons (Fsp3) is 0.423. The Morgan fingerprint density at radius 3 is 2.44 bits per heavy atom. The van der Waals surface area contributed by atoms with Gasteiger partial charge in [-0.3, -0.25) is 9.59 Å². The lowest BCUT2D eigenvalue weighted by molar-refractivity contribution is -0.133. The zero-order valence-electron chi connectivity index (χ0n) is 19.1. The van der Waals surface area contributed by atoms with E-state index in [1.54, 1.807) is 11.9 Å². The molecule has 0 fully saturated rings. The van der Waals surface area contributed by atoms with E-state index in [4.69, 9.17) is 4.99 Å². The van der Waals surface area contributed by atoms with Gasteiger partial charge in [0.25, 0.3) is 5.91 Å². The summed E-state index contributed by atoms with van der Waals surface area (Å²) < 4.78 is 0. The molecule has 3 atom stereocenters. The molecular weight excluding hydrogens is 402 g/mol. The number of fused-ring (bicyclic) bond motifs is 1. The number of unbranched alkanes of at least 4 members (excludes halogenated alkanes) is 1. The Kier molecular flexibility index (Phi) is 8.17. The number of hydrogen-bond acceptors (Lipinski definition) is 4. The molecule has 1 aliphatic heterocycles. The average molecular weight is 436 g/mol. The van der Waals surface area contributed by atoms with Gasteiger partial charge in [0.1, 0.15) is 0 Å². The molecule has 2 aromatic rings. The molecule has 0 saturated heterocycles. The number of hydrogen-bond donors (Lipinski definition) is 2. The molecule has 2 aromatic carbocycles. The van der Waals surface area contributed by atoms with E-state index in [2.05, 4.69) is 12.2 Å². The van der Waals surface area contributed by atoms with Gasteiger partial charge in [0.15, 0.2) is 0 Å². The minimum atomic E-state index is -1.06. The number of amides is 2. The number of aliphatic hydroxyl groups excluding tert-OH is 1. The summed E-state index contributed by atoms with van der Waals surface area (Å²) in [4.78, 5) is 32.7. The van der Waals surface area contributed by atoms with Crippen molar-refractivity contribution in [1.82, 2.24) is 5.32 Å². The first-order valence-corrected chi connectivity index (χ1v) is 11.5. The van der Waals surface area contributed by atoms with Crippen molar-refractivity contribution in [1.29, 1.82) is 0 Å². The van der Waals surface area contributed by atoms with E-state index < -0.39 is 18.2 Å². The van der Waals surface area contributed by atoms with Crippen molar-refractivity contribution in [3.05, 3.63) is 65.7 Å². The Bertz CT molecular complexity index is 958.